The molecule has 0 aromatic rings. The summed E-state index contributed by atoms with van der Waals surface area (Å²) in [4.78, 5) is 23.3. The van der Waals surface area contributed by atoms with Crippen LogP contribution in [-0.4, -0.2) is 50.7 Å². The van der Waals surface area contributed by atoms with E-state index >= 15 is 0 Å². The molecule has 1 N–H and O–H groups in total. The van der Waals surface area contributed by atoms with Crippen molar-refractivity contribution in [3.05, 3.63) is 0 Å². The van der Waals surface area contributed by atoms with Gasteiger partial charge in [-0.2, -0.15) is 0 Å². The predicted octanol–water partition coefficient (Wildman–Crippen LogP) is 3.44. The fraction of sp³-hybridized carbons (Fsp3) is 0.846. The van der Waals surface area contributed by atoms with E-state index in [1.54, 1.807) is 0 Å². The van der Waals surface area contributed by atoms with Crippen molar-refractivity contribution in [3.63, 3.8) is 0 Å². The van der Waals surface area contributed by atoms with Crippen molar-refractivity contribution in [2.24, 2.45) is 0 Å². The van der Waals surface area contributed by atoms with Crippen LogP contribution in [0.2, 0.25) is 44.0 Å². The second-order valence-corrected chi connectivity index (χ2v) is 30.1. The van der Waals surface area contributed by atoms with Crippen molar-refractivity contribution in [2.75, 3.05) is 7.11 Å². The van der Waals surface area contributed by atoms with Crippen LogP contribution in [0.3, 0.4) is 0 Å². The van der Waals surface area contributed by atoms with E-state index in [1.807, 2.05) is 0 Å². The first kappa shape index (κ1) is 19.0. The van der Waals surface area contributed by atoms with E-state index < -0.39 is 32.5 Å². The molecule has 0 radical (unpaired) electrons. The van der Waals surface area contributed by atoms with Gasteiger partial charge in [0, 0.05) is 0 Å². The zero-order chi connectivity index (χ0) is 15.4. The summed E-state index contributed by atoms with van der Waals surface area (Å²) in [6.07, 6.45) is 1.27. The van der Waals surface area contributed by atoms with Crippen LogP contribution < -0.4 is 0 Å². The number of aliphatic carboxylic acids is 1. The first-order valence-corrected chi connectivity index (χ1v) is 21.7. The van der Waals surface area contributed by atoms with E-state index in [9.17, 15) is 14.7 Å². The Bertz CT molecular complexity index is 329. The summed E-state index contributed by atoms with van der Waals surface area (Å²) in [6, 6.07) is 0. The van der Waals surface area contributed by atoms with Crippen LogP contribution >= 0.6 is 0 Å². The third kappa shape index (κ3) is 6.34. The molecule has 0 aliphatic carbocycles. The zero-order valence-electron chi connectivity index (χ0n) is 13.2. The molecule has 0 saturated heterocycles. The van der Waals surface area contributed by atoms with Crippen molar-refractivity contribution in [2.45, 2.75) is 56.9 Å². The molecule has 112 valence electrons. The second-order valence-electron chi connectivity index (χ2n) is 7.28. The standard InChI is InChI=1S/C13H28Ge2O4/c1-14(2,3)10(12(16)17)8-9-11(13(18)19-7)15(4,5)6/h10-11H,8-9H2,1-7H3,(H,16,17). The van der Waals surface area contributed by atoms with Gasteiger partial charge in [-0.1, -0.05) is 0 Å². The van der Waals surface area contributed by atoms with Crippen LogP contribution in [0.15, 0.2) is 0 Å². The van der Waals surface area contributed by atoms with Crippen molar-refractivity contribution in [3.8, 4) is 0 Å². The van der Waals surface area contributed by atoms with E-state index in [1.165, 1.54) is 7.11 Å². The van der Waals surface area contributed by atoms with Crippen LogP contribution in [-0.2, 0) is 14.3 Å². The molecule has 0 fully saturated rings. The molecule has 4 nitrogen and oxygen atoms in total. The van der Waals surface area contributed by atoms with Crippen LogP contribution in [0.5, 0.6) is 0 Å². The SMILES string of the molecule is COC(=O)[CH](CC[CH](C(=O)O)[Ge]([CH3])([CH3])[CH3])[Ge]([CH3])([CH3])[CH3]. The fourth-order valence-electron chi connectivity index (χ4n) is 2.31. The molecule has 0 aliphatic heterocycles. The third-order valence-electron chi connectivity index (χ3n) is 3.62. The molecule has 2 unspecified atom stereocenters. The zero-order valence-corrected chi connectivity index (χ0v) is 17.4. The number of carboxylic acid groups (broad SMARTS) is 1. The van der Waals surface area contributed by atoms with Crippen molar-refractivity contribution >= 4 is 38.5 Å². The predicted molar refractivity (Wildman–Crippen MR) is 83.1 cm³/mol. The normalized spacial score (nSPS) is 15.7. The molecule has 0 bridgehead atoms. The quantitative estimate of drug-likeness (QED) is 0.532. The van der Waals surface area contributed by atoms with Gasteiger partial charge in [0.1, 0.15) is 0 Å². The Kier molecular flexibility index (Phi) is 7.16. The molecule has 6 heteroatoms. The van der Waals surface area contributed by atoms with Gasteiger partial charge in [-0.3, -0.25) is 0 Å². The average molecular weight is 394 g/mol. The first-order valence-electron chi connectivity index (χ1n) is 6.72. The summed E-state index contributed by atoms with van der Waals surface area (Å²) < 4.78 is 4.60. The van der Waals surface area contributed by atoms with E-state index in [2.05, 4.69) is 34.5 Å². The Labute approximate surface area is 122 Å². The van der Waals surface area contributed by atoms with Crippen LogP contribution in [0.4, 0.5) is 0 Å². The Morgan fingerprint density at radius 2 is 1.32 bits per heavy atom. The number of hydrogen-bond donors (Lipinski definition) is 1. The minimum absolute atomic E-state index is 0.0587. The number of esters is 1. The molecule has 0 aromatic carbocycles. The van der Waals surface area contributed by atoms with Gasteiger partial charge in [0.15, 0.2) is 0 Å². The van der Waals surface area contributed by atoms with Crippen LogP contribution in [0.25, 0.3) is 0 Å². The number of carboxylic acids is 1. The second kappa shape index (κ2) is 7.15. The molecule has 0 aliphatic rings. The number of hydrogen-bond acceptors (Lipinski definition) is 3. The summed E-state index contributed by atoms with van der Waals surface area (Å²) in [7, 11) is 1.42. The average Bonchev–Trinajstić information content (AvgIpc) is 2.19. The molecule has 0 aromatic heterocycles. The van der Waals surface area contributed by atoms with Crippen molar-refractivity contribution in [1.29, 1.82) is 0 Å². The van der Waals surface area contributed by atoms with Gasteiger partial charge in [0.05, 0.1) is 0 Å². The summed E-state index contributed by atoms with van der Waals surface area (Å²) in [6.45, 7) is 0. The maximum absolute atomic E-state index is 11.9. The van der Waals surface area contributed by atoms with Crippen LogP contribution in [0.1, 0.15) is 12.8 Å². The molecule has 0 spiro atoms. The topological polar surface area (TPSA) is 63.6 Å². The van der Waals surface area contributed by atoms with Crippen LogP contribution in [0, 0.1) is 0 Å². The fourth-order valence-corrected chi connectivity index (χ4v) is 9.93. The molecule has 0 saturated carbocycles. The van der Waals surface area contributed by atoms with Gasteiger partial charge in [-0.05, 0) is 0 Å². The summed E-state index contributed by atoms with van der Waals surface area (Å²) in [5.41, 5.74) is 0. The Morgan fingerprint density at radius 1 is 0.947 bits per heavy atom. The van der Waals surface area contributed by atoms with Gasteiger partial charge in [-0.15, -0.1) is 0 Å². The molecular formula is C13H28Ge2O4. The van der Waals surface area contributed by atoms with E-state index in [0.717, 1.165) is 0 Å². The van der Waals surface area contributed by atoms with E-state index in [-0.39, 0.29) is 15.5 Å². The van der Waals surface area contributed by atoms with E-state index in [0.29, 0.717) is 12.8 Å². The summed E-state index contributed by atoms with van der Waals surface area (Å²) in [5.74, 6) is 12.0. The number of rotatable bonds is 7. The Hall–Kier alpha value is 0.0257. The number of carbonyl (C=O) groups excluding carboxylic acids is 1. The van der Waals surface area contributed by atoms with Gasteiger partial charge >= 0.3 is 122 Å². The van der Waals surface area contributed by atoms with Gasteiger partial charge < -0.3 is 0 Å². The van der Waals surface area contributed by atoms with E-state index in [4.69, 9.17) is 4.74 Å². The third-order valence-corrected chi connectivity index (χ3v) is 14.6. The monoisotopic (exact) mass is 396 g/mol. The Balaban J connectivity index is 4.89. The van der Waals surface area contributed by atoms with Crippen molar-refractivity contribution in [1.82, 2.24) is 0 Å². The molecule has 19 heavy (non-hydrogen) atoms. The minimum atomic E-state index is -2.26. The molecular weight excluding hydrogens is 365 g/mol. The molecule has 0 heterocycles. The van der Waals surface area contributed by atoms with Crippen molar-refractivity contribution < 1.29 is 19.4 Å². The summed E-state index contributed by atoms with van der Waals surface area (Å²) >= 11 is -4.45. The van der Waals surface area contributed by atoms with Gasteiger partial charge in [0.25, 0.3) is 0 Å². The maximum atomic E-state index is 11.9. The van der Waals surface area contributed by atoms with Gasteiger partial charge in [-0.25, -0.2) is 0 Å². The number of ether oxygens (including phenoxy) is 1. The summed E-state index contributed by atoms with van der Waals surface area (Å²) in [5, 5.41) is 9.37. The first-order chi connectivity index (χ1) is 8.41. The molecule has 0 amide bonds. The Morgan fingerprint density at radius 3 is 1.58 bits per heavy atom. The molecule has 0 rings (SSSR count). The number of methoxy groups -OCH3 is 1. The molecule has 2 atom stereocenters. The van der Waals surface area contributed by atoms with Gasteiger partial charge in [0.2, 0.25) is 0 Å². The number of carbonyl (C=O) groups is 2.